The molecule has 0 radical (unpaired) electrons. The van der Waals surface area contributed by atoms with Crippen molar-refractivity contribution < 1.29 is 9.90 Å². The number of nitrogens with one attached hydrogen (secondary N) is 1. The lowest BCUT2D eigenvalue weighted by Crippen LogP contribution is -2.17. The molecule has 0 bridgehead atoms. The minimum Gasteiger partial charge on any atom is -0.507 e. The molecule has 1 aromatic heterocycles. The summed E-state index contributed by atoms with van der Waals surface area (Å²) in [6, 6.07) is 14.7. The maximum atomic E-state index is 12.2. The summed E-state index contributed by atoms with van der Waals surface area (Å²) in [5, 5.41) is 18.4. The highest BCUT2D eigenvalue weighted by molar-refractivity contribution is 9.10. The van der Waals surface area contributed by atoms with Crippen LogP contribution >= 0.6 is 15.9 Å². The van der Waals surface area contributed by atoms with Gasteiger partial charge in [0.1, 0.15) is 5.75 Å². The number of hydrogen-bond donors (Lipinski definition) is 2. The number of halogens is 1. The molecule has 2 aromatic carbocycles. The third-order valence-electron chi connectivity index (χ3n) is 4.18. The van der Waals surface area contributed by atoms with Crippen LogP contribution in [0.2, 0.25) is 0 Å². The van der Waals surface area contributed by atoms with Crippen molar-refractivity contribution >= 4 is 28.1 Å². The summed E-state index contributed by atoms with van der Waals surface area (Å²) >= 11 is 3.24. The van der Waals surface area contributed by atoms with Crippen molar-refractivity contribution in [1.82, 2.24) is 15.2 Å². The molecule has 3 rings (SSSR count). The molecule has 27 heavy (non-hydrogen) atoms. The van der Waals surface area contributed by atoms with Crippen LogP contribution < -0.4 is 5.43 Å². The third-order valence-corrected chi connectivity index (χ3v) is 4.67. The largest absolute Gasteiger partial charge is 0.507 e. The number of carbonyl (C=O) groups is 1. The average molecular weight is 427 g/mol. The Bertz CT molecular complexity index is 997. The smallest absolute Gasteiger partial charge is 0.275 e. The molecule has 7 heteroatoms. The minimum atomic E-state index is -0.483. The van der Waals surface area contributed by atoms with Crippen molar-refractivity contribution in [2.24, 2.45) is 5.10 Å². The van der Waals surface area contributed by atoms with E-state index in [0.717, 1.165) is 22.5 Å². The van der Waals surface area contributed by atoms with Crippen molar-refractivity contribution in [3.8, 4) is 5.75 Å². The Hall–Kier alpha value is -2.93. The van der Waals surface area contributed by atoms with Gasteiger partial charge in [0, 0.05) is 15.7 Å². The van der Waals surface area contributed by atoms with Crippen molar-refractivity contribution in [2.75, 3.05) is 0 Å². The van der Waals surface area contributed by atoms with Gasteiger partial charge in [0.05, 0.1) is 24.0 Å². The number of phenols is 1. The normalized spacial score (nSPS) is 11.1. The summed E-state index contributed by atoms with van der Waals surface area (Å²) in [4.78, 5) is 12.2. The van der Waals surface area contributed by atoms with Gasteiger partial charge in [-0.1, -0.05) is 46.3 Å². The Balaban J connectivity index is 1.72. The maximum Gasteiger partial charge on any atom is 0.275 e. The van der Waals surface area contributed by atoms with E-state index in [1.54, 1.807) is 12.3 Å². The lowest BCUT2D eigenvalue weighted by Gasteiger charge is -2.05. The summed E-state index contributed by atoms with van der Waals surface area (Å²) in [6.07, 6.45) is 1.58. The number of benzene rings is 2. The van der Waals surface area contributed by atoms with E-state index in [9.17, 15) is 9.90 Å². The Labute approximate surface area is 165 Å². The molecule has 1 amide bonds. The van der Waals surface area contributed by atoms with Gasteiger partial charge in [0.25, 0.3) is 5.91 Å². The molecule has 0 aliphatic rings. The van der Waals surface area contributed by atoms with Crippen LogP contribution in [-0.4, -0.2) is 27.0 Å². The van der Waals surface area contributed by atoms with E-state index in [2.05, 4.69) is 43.7 Å². The molecule has 138 valence electrons. The Kier molecular flexibility index (Phi) is 5.71. The summed E-state index contributed by atoms with van der Waals surface area (Å²) in [5.41, 5.74) is 6.39. The molecule has 6 nitrogen and oxygen atoms in total. The van der Waals surface area contributed by atoms with E-state index in [1.807, 2.05) is 36.7 Å². The SMILES string of the molecule is Cc1nn(Cc2ccccc2)c(C)c1/C=N/NC(=O)c1ccc(Br)cc1O. The fraction of sp³-hybridized carbons (Fsp3) is 0.150. The maximum absolute atomic E-state index is 12.2. The van der Waals surface area contributed by atoms with Crippen molar-refractivity contribution in [3.63, 3.8) is 0 Å². The zero-order chi connectivity index (χ0) is 19.4. The number of amides is 1. The molecule has 0 spiro atoms. The number of aromatic nitrogens is 2. The summed E-state index contributed by atoms with van der Waals surface area (Å²) in [5.74, 6) is -0.594. The van der Waals surface area contributed by atoms with Crippen molar-refractivity contribution in [1.29, 1.82) is 0 Å². The number of phenolic OH excluding ortho intramolecular Hbond substituents is 1. The first-order chi connectivity index (χ1) is 13.0. The molecule has 0 aliphatic heterocycles. The predicted molar refractivity (Wildman–Crippen MR) is 108 cm³/mol. The lowest BCUT2D eigenvalue weighted by molar-refractivity contribution is 0.0952. The fourth-order valence-corrected chi connectivity index (χ4v) is 3.07. The zero-order valence-corrected chi connectivity index (χ0v) is 16.6. The standard InChI is InChI=1S/C20H19BrN4O2/c1-13-18(14(2)25(24-13)12-15-6-4-3-5-7-15)11-22-23-20(27)17-9-8-16(21)10-19(17)26/h3-11,26H,12H2,1-2H3,(H,23,27)/b22-11+. The first-order valence-corrected chi connectivity index (χ1v) is 9.15. The molecule has 3 aromatic rings. The van der Waals surface area contributed by atoms with Gasteiger partial charge in [-0.25, -0.2) is 5.43 Å². The molecular weight excluding hydrogens is 408 g/mol. The second-order valence-corrected chi connectivity index (χ2v) is 7.00. The summed E-state index contributed by atoms with van der Waals surface area (Å²) in [6.45, 7) is 4.53. The van der Waals surface area contributed by atoms with Crippen LogP contribution in [0.4, 0.5) is 0 Å². The van der Waals surface area contributed by atoms with Gasteiger partial charge in [0.2, 0.25) is 0 Å². The number of aryl methyl sites for hydroxylation is 1. The number of rotatable bonds is 5. The highest BCUT2D eigenvalue weighted by atomic mass is 79.9. The van der Waals surface area contributed by atoms with Crippen molar-refractivity contribution in [3.05, 3.63) is 81.1 Å². The van der Waals surface area contributed by atoms with Gasteiger partial charge in [-0.3, -0.25) is 9.48 Å². The molecule has 2 N–H and O–H groups in total. The Morgan fingerprint density at radius 3 is 2.70 bits per heavy atom. The third kappa shape index (κ3) is 4.43. The molecule has 0 unspecified atom stereocenters. The number of hydrogen-bond acceptors (Lipinski definition) is 4. The highest BCUT2D eigenvalue weighted by Gasteiger charge is 2.12. The van der Waals surface area contributed by atoms with Gasteiger partial charge < -0.3 is 5.11 Å². The second-order valence-electron chi connectivity index (χ2n) is 6.09. The van der Waals surface area contributed by atoms with Crippen LogP contribution in [0.1, 0.15) is 32.9 Å². The number of carbonyl (C=O) groups excluding carboxylic acids is 1. The van der Waals surface area contributed by atoms with Gasteiger partial charge >= 0.3 is 0 Å². The molecule has 0 aliphatic carbocycles. The summed E-state index contributed by atoms with van der Waals surface area (Å²) in [7, 11) is 0. The Morgan fingerprint density at radius 1 is 1.26 bits per heavy atom. The molecule has 0 fully saturated rings. The second kappa shape index (κ2) is 8.18. The van der Waals surface area contributed by atoms with E-state index in [4.69, 9.17) is 0 Å². The van der Waals surface area contributed by atoms with Gasteiger partial charge in [-0.15, -0.1) is 0 Å². The number of aromatic hydroxyl groups is 1. The monoisotopic (exact) mass is 426 g/mol. The molecule has 1 heterocycles. The summed E-state index contributed by atoms with van der Waals surface area (Å²) < 4.78 is 2.60. The number of hydrazone groups is 1. The molecule has 0 saturated heterocycles. The number of nitrogens with zero attached hydrogens (tertiary/aromatic N) is 3. The van der Waals surface area contributed by atoms with Gasteiger partial charge in [-0.2, -0.15) is 10.2 Å². The fourth-order valence-electron chi connectivity index (χ4n) is 2.72. The van der Waals surface area contributed by atoms with Crippen LogP contribution in [0, 0.1) is 13.8 Å². The Morgan fingerprint density at radius 2 is 2.00 bits per heavy atom. The van der Waals surface area contributed by atoms with Crippen LogP contribution in [-0.2, 0) is 6.54 Å². The van der Waals surface area contributed by atoms with Crippen LogP contribution in [0.15, 0.2) is 58.1 Å². The zero-order valence-electron chi connectivity index (χ0n) is 15.0. The predicted octanol–water partition coefficient (Wildman–Crippen LogP) is 3.78. The topological polar surface area (TPSA) is 79.5 Å². The molecule has 0 saturated carbocycles. The van der Waals surface area contributed by atoms with Crippen molar-refractivity contribution in [2.45, 2.75) is 20.4 Å². The van der Waals surface area contributed by atoms with Crippen LogP contribution in [0.25, 0.3) is 0 Å². The minimum absolute atomic E-state index is 0.111. The molecule has 0 atom stereocenters. The van der Waals surface area contributed by atoms with E-state index < -0.39 is 5.91 Å². The van der Waals surface area contributed by atoms with Crippen LogP contribution in [0.5, 0.6) is 5.75 Å². The van der Waals surface area contributed by atoms with E-state index >= 15 is 0 Å². The molecular formula is C20H19BrN4O2. The average Bonchev–Trinajstić information content (AvgIpc) is 2.89. The quantitative estimate of drug-likeness (QED) is 0.481. The van der Waals surface area contributed by atoms with E-state index in [1.165, 1.54) is 12.1 Å². The van der Waals surface area contributed by atoms with Crippen LogP contribution in [0.3, 0.4) is 0 Å². The van der Waals surface area contributed by atoms with E-state index in [0.29, 0.717) is 11.0 Å². The first kappa shape index (κ1) is 18.8. The van der Waals surface area contributed by atoms with Gasteiger partial charge in [-0.05, 0) is 37.6 Å². The first-order valence-electron chi connectivity index (χ1n) is 8.35. The lowest BCUT2D eigenvalue weighted by atomic mass is 10.2. The van der Waals surface area contributed by atoms with E-state index in [-0.39, 0.29) is 11.3 Å². The van der Waals surface area contributed by atoms with Gasteiger partial charge in [0.15, 0.2) is 0 Å². The highest BCUT2D eigenvalue weighted by Crippen LogP contribution is 2.22.